The number of fused-ring (bicyclic) bond motifs is 1. The minimum absolute atomic E-state index is 0.00301. The number of hydrogen-bond donors (Lipinski definition) is 0. The lowest BCUT2D eigenvalue weighted by Gasteiger charge is -2.30. The molecule has 126 valence electrons. The second kappa shape index (κ2) is 5.86. The molecule has 6 nitrogen and oxygen atoms in total. The van der Waals surface area contributed by atoms with E-state index in [4.69, 9.17) is 0 Å². The van der Waals surface area contributed by atoms with Gasteiger partial charge in [-0.25, -0.2) is 12.8 Å². The fourth-order valence-electron chi connectivity index (χ4n) is 2.91. The van der Waals surface area contributed by atoms with E-state index in [0.29, 0.717) is 24.1 Å². The van der Waals surface area contributed by atoms with Gasteiger partial charge >= 0.3 is 0 Å². The lowest BCUT2D eigenvalue weighted by atomic mass is 10.0. The van der Waals surface area contributed by atoms with Crippen LogP contribution in [0.2, 0.25) is 0 Å². The number of hydrogen-bond acceptors (Lipinski definition) is 4. The van der Waals surface area contributed by atoms with E-state index in [-0.39, 0.29) is 17.1 Å². The number of nitro benzene ring substituents is 1. The van der Waals surface area contributed by atoms with E-state index in [0.717, 1.165) is 17.7 Å². The quantitative estimate of drug-likeness (QED) is 0.629. The highest BCUT2D eigenvalue weighted by Crippen LogP contribution is 2.35. The van der Waals surface area contributed by atoms with E-state index in [1.807, 2.05) is 0 Å². The van der Waals surface area contributed by atoms with Crippen molar-refractivity contribution < 1.29 is 17.7 Å². The van der Waals surface area contributed by atoms with E-state index >= 15 is 0 Å². The predicted octanol–water partition coefficient (Wildman–Crippen LogP) is 3.18. The third kappa shape index (κ3) is 2.73. The SMILES string of the molecule is Cc1cc(F)ccc1S(=O)(=O)N1CCCc2ccc([N+](=O)[O-])cc21. The second-order valence-electron chi connectivity index (χ2n) is 5.66. The Bertz CT molecular complexity index is 928. The molecule has 2 aromatic rings. The summed E-state index contributed by atoms with van der Waals surface area (Å²) >= 11 is 0. The third-order valence-corrected chi connectivity index (χ3v) is 6.03. The molecule has 2 aromatic carbocycles. The number of rotatable bonds is 3. The lowest BCUT2D eigenvalue weighted by molar-refractivity contribution is -0.384. The Balaban J connectivity index is 2.14. The van der Waals surface area contributed by atoms with E-state index in [9.17, 15) is 22.9 Å². The zero-order valence-corrected chi connectivity index (χ0v) is 13.7. The Morgan fingerprint density at radius 3 is 2.62 bits per heavy atom. The second-order valence-corrected chi connectivity index (χ2v) is 7.49. The zero-order chi connectivity index (χ0) is 17.5. The summed E-state index contributed by atoms with van der Waals surface area (Å²) in [6, 6.07) is 7.73. The molecule has 3 rings (SSSR count). The van der Waals surface area contributed by atoms with Gasteiger partial charge in [-0.05, 0) is 49.1 Å². The van der Waals surface area contributed by atoms with Gasteiger partial charge in [-0.15, -0.1) is 0 Å². The highest BCUT2D eigenvalue weighted by molar-refractivity contribution is 7.92. The van der Waals surface area contributed by atoms with Crippen LogP contribution in [0.25, 0.3) is 0 Å². The van der Waals surface area contributed by atoms with Crippen molar-refractivity contribution >= 4 is 21.4 Å². The molecule has 0 saturated heterocycles. The molecule has 0 radical (unpaired) electrons. The van der Waals surface area contributed by atoms with Gasteiger partial charge < -0.3 is 0 Å². The summed E-state index contributed by atoms with van der Waals surface area (Å²) in [6.07, 6.45) is 1.27. The highest BCUT2D eigenvalue weighted by atomic mass is 32.2. The molecule has 8 heteroatoms. The molecular weight excluding hydrogens is 335 g/mol. The van der Waals surface area contributed by atoms with Crippen LogP contribution < -0.4 is 4.31 Å². The van der Waals surface area contributed by atoms with Crippen molar-refractivity contribution in [1.29, 1.82) is 0 Å². The predicted molar refractivity (Wildman–Crippen MR) is 87.1 cm³/mol. The molecule has 1 aliphatic heterocycles. The van der Waals surface area contributed by atoms with Crippen LogP contribution in [-0.2, 0) is 16.4 Å². The van der Waals surface area contributed by atoms with E-state index in [1.54, 1.807) is 6.07 Å². The number of sulfonamides is 1. The first-order chi connectivity index (χ1) is 11.3. The first kappa shape index (κ1) is 16.4. The van der Waals surface area contributed by atoms with Gasteiger partial charge in [0.1, 0.15) is 5.82 Å². The van der Waals surface area contributed by atoms with Gasteiger partial charge in [-0.3, -0.25) is 14.4 Å². The molecule has 0 N–H and O–H groups in total. The van der Waals surface area contributed by atoms with Gasteiger partial charge in [-0.2, -0.15) is 0 Å². The Morgan fingerprint density at radius 2 is 1.96 bits per heavy atom. The molecule has 0 aromatic heterocycles. The van der Waals surface area contributed by atoms with Crippen LogP contribution >= 0.6 is 0 Å². The number of non-ortho nitro benzene ring substituents is 1. The fourth-order valence-corrected chi connectivity index (χ4v) is 4.66. The van der Waals surface area contributed by atoms with E-state index in [1.165, 1.54) is 29.4 Å². The molecular formula is C16H15FN2O4S. The third-order valence-electron chi connectivity index (χ3n) is 4.06. The van der Waals surface area contributed by atoms with Gasteiger partial charge in [-0.1, -0.05) is 6.07 Å². The number of anilines is 1. The zero-order valence-electron chi connectivity index (χ0n) is 12.9. The minimum Gasteiger partial charge on any atom is -0.266 e. The summed E-state index contributed by atoms with van der Waals surface area (Å²) in [4.78, 5) is 10.5. The molecule has 0 atom stereocenters. The molecule has 0 bridgehead atoms. The van der Waals surface area contributed by atoms with Crippen LogP contribution in [0.5, 0.6) is 0 Å². The number of nitrogens with zero attached hydrogens (tertiary/aromatic N) is 2. The van der Waals surface area contributed by atoms with Gasteiger partial charge in [0, 0.05) is 18.7 Å². The van der Waals surface area contributed by atoms with Crippen molar-refractivity contribution in [3.8, 4) is 0 Å². The lowest BCUT2D eigenvalue weighted by Crippen LogP contribution is -2.35. The van der Waals surface area contributed by atoms with Crippen molar-refractivity contribution in [3.63, 3.8) is 0 Å². The number of halogens is 1. The first-order valence-electron chi connectivity index (χ1n) is 7.37. The standard InChI is InChI=1S/C16H15FN2O4S/c1-11-9-13(17)5-7-16(11)24(22,23)18-8-2-3-12-4-6-14(19(20)21)10-15(12)18/h4-7,9-10H,2-3,8H2,1H3. The van der Waals surface area contributed by atoms with Crippen molar-refractivity contribution in [2.45, 2.75) is 24.7 Å². The Kier molecular flexibility index (Phi) is 4.00. The van der Waals surface area contributed by atoms with Gasteiger partial charge in [0.05, 0.1) is 15.5 Å². The fraction of sp³-hybridized carbons (Fsp3) is 0.250. The van der Waals surface area contributed by atoms with E-state index < -0.39 is 20.8 Å². The molecule has 0 saturated carbocycles. The maximum atomic E-state index is 13.3. The van der Waals surface area contributed by atoms with Crippen LogP contribution in [0.3, 0.4) is 0 Å². The minimum atomic E-state index is -3.92. The summed E-state index contributed by atoms with van der Waals surface area (Å²) in [5.74, 6) is -0.513. The maximum Gasteiger partial charge on any atom is 0.271 e. The summed E-state index contributed by atoms with van der Waals surface area (Å²) in [7, 11) is -3.92. The molecule has 0 aliphatic carbocycles. The van der Waals surface area contributed by atoms with Gasteiger partial charge in [0.25, 0.3) is 15.7 Å². The summed E-state index contributed by atoms with van der Waals surface area (Å²) in [5.41, 5.74) is 1.20. The van der Waals surface area contributed by atoms with Crippen molar-refractivity contribution in [2.75, 3.05) is 10.8 Å². The first-order valence-corrected chi connectivity index (χ1v) is 8.81. The molecule has 0 amide bonds. The van der Waals surface area contributed by atoms with Gasteiger partial charge in [0.15, 0.2) is 0 Å². The van der Waals surface area contributed by atoms with Crippen LogP contribution in [0.4, 0.5) is 15.8 Å². The Morgan fingerprint density at radius 1 is 1.21 bits per heavy atom. The van der Waals surface area contributed by atoms with Crippen LogP contribution in [0.15, 0.2) is 41.3 Å². The van der Waals surface area contributed by atoms with Crippen LogP contribution in [0, 0.1) is 22.9 Å². The number of benzene rings is 2. The molecule has 1 aliphatic rings. The van der Waals surface area contributed by atoms with E-state index in [2.05, 4.69) is 0 Å². The summed E-state index contributed by atoms with van der Waals surface area (Å²) < 4.78 is 40.4. The van der Waals surface area contributed by atoms with Crippen molar-refractivity contribution in [2.24, 2.45) is 0 Å². The molecule has 0 fully saturated rings. The topological polar surface area (TPSA) is 80.5 Å². The average Bonchev–Trinajstić information content (AvgIpc) is 2.53. The number of aryl methyl sites for hydroxylation is 2. The Hall–Kier alpha value is -2.48. The average molecular weight is 350 g/mol. The summed E-state index contributed by atoms with van der Waals surface area (Å²) in [6.45, 7) is 1.75. The monoisotopic (exact) mass is 350 g/mol. The highest BCUT2D eigenvalue weighted by Gasteiger charge is 2.31. The van der Waals surface area contributed by atoms with Gasteiger partial charge in [0.2, 0.25) is 0 Å². The molecule has 0 spiro atoms. The largest absolute Gasteiger partial charge is 0.271 e. The van der Waals surface area contributed by atoms with Crippen molar-refractivity contribution in [1.82, 2.24) is 0 Å². The molecule has 1 heterocycles. The molecule has 0 unspecified atom stereocenters. The van der Waals surface area contributed by atoms with Crippen LogP contribution in [-0.4, -0.2) is 19.9 Å². The normalized spacial score (nSPS) is 14.3. The molecule has 24 heavy (non-hydrogen) atoms. The Labute approximate surface area is 138 Å². The van der Waals surface area contributed by atoms with Crippen LogP contribution in [0.1, 0.15) is 17.5 Å². The maximum absolute atomic E-state index is 13.3. The number of nitro groups is 1. The van der Waals surface area contributed by atoms with Crippen molar-refractivity contribution in [3.05, 3.63) is 63.5 Å². The summed E-state index contributed by atoms with van der Waals surface area (Å²) in [5, 5.41) is 11.0. The smallest absolute Gasteiger partial charge is 0.266 e.